The second-order valence-electron chi connectivity index (χ2n) is 8.19. The van der Waals surface area contributed by atoms with Gasteiger partial charge in [-0.2, -0.15) is 5.10 Å². The Morgan fingerprint density at radius 2 is 2.17 bits per heavy atom. The van der Waals surface area contributed by atoms with E-state index in [1.807, 2.05) is 29.6 Å². The normalized spacial score (nSPS) is 23.1. The Bertz CT molecular complexity index is 1060. The van der Waals surface area contributed by atoms with Crippen LogP contribution in [0.3, 0.4) is 0 Å². The van der Waals surface area contributed by atoms with Gasteiger partial charge in [-0.25, -0.2) is 0 Å². The van der Waals surface area contributed by atoms with Crippen molar-refractivity contribution < 1.29 is 4.79 Å². The molecule has 7 nitrogen and oxygen atoms in total. The number of H-pyrrole nitrogens is 1. The van der Waals surface area contributed by atoms with Crippen molar-refractivity contribution in [1.82, 2.24) is 25.0 Å². The molecule has 0 unspecified atom stereocenters. The summed E-state index contributed by atoms with van der Waals surface area (Å²) in [5.41, 5.74) is 1.96. The van der Waals surface area contributed by atoms with Crippen molar-refractivity contribution in [2.24, 2.45) is 5.92 Å². The summed E-state index contributed by atoms with van der Waals surface area (Å²) in [4.78, 5) is 29.7. The largest absolute Gasteiger partial charge is 0.354 e. The number of rotatable bonds is 6. The number of nitrogens with one attached hydrogen (secondary N) is 2. The van der Waals surface area contributed by atoms with Crippen LogP contribution >= 0.6 is 11.3 Å². The minimum Gasteiger partial charge on any atom is -0.354 e. The van der Waals surface area contributed by atoms with Gasteiger partial charge in [0.1, 0.15) is 6.04 Å². The third-order valence-corrected chi connectivity index (χ3v) is 7.13. The van der Waals surface area contributed by atoms with Crippen molar-refractivity contribution in [2.75, 3.05) is 19.6 Å². The zero-order valence-electron chi connectivity index (χ0n) is 16.7. The number of hydrogen-bond acceptors (Lipinski definition) is 5. The molecule has 2 aliphatic heterocycles. The number of hydrogen-bond donors (Lipinski definition) is 2. The first kappa shape index (κ1) is 19.3. The van der Waals surface area contributed by atoms with E-state index in [1.165, 1.54) is 4.88 Å². The van der Waals surface area contributed by atoms with Gasteiger partial charge in [-0.3, -0.25) is 24.2 Å². The summed E-state index contributed by atoms with van der Waals surface area (Å²) in [6, 6.07) is 11.0. The topological polar surface area (TPSA) is 83.0 Å². The van der Waals surface area contributed by atoms with Gasteiger partial charge >= 0.3 is 0 Å². The van der Waals surface area contributed by atoms with Crippen LogP contribution in [-0.4, -0.2) is 45.2 Å². The second kappa shape index (κ2) is 8.20. The molecule has 5 rings (SSSR count). The molecule has 1 saturated heterocycles. The molecular weight excluding hydrogens is 398 g/mol. The fourth-order valence-corrected chi connectivity index (χ4v) is 5.68. The van der Waals surface area contributed by atoms with E-state index in [0.717, 1.165) is 43.9 Å². The molecule has 0 saturated carbocycles. The predicted octanol–water partition coefficient (Wildman–Crippen LogP) is 2.15. The van der Waals surface area contributed by atoms with Crippen LogP contribution in [0.2, 0.25) is 0 Å². The lowest BCUT2D eigenvalue weighted by molar-refractivity contribution is -0.127. The quantitative estimate of drug-likeness (QED) is 0.636. The maximum absolute atomic E-state index is 13.3. The Hall–Kier alpha value is -2.71. The van der Waals surface area contributed by atoms with Crippen LogP contribution in [0.5, 0.6) is 0 Å². The second-order valence-corrected chi connectivity index (χ2v) is 9.23. The molecule has 3 aromatic heterocycles. The first-order valence-corrected chi connectivity index (χ1v) is 11.3. The van der Waals surface area contributed by atoms with Crippen LogP contribution in [0.15, 0.2) is 52.8 Å². The Morgan fingerprint density at radius 1 is 1.23 bits per heavy atom. The molecular formula is C22H25N5O2S. The summed E-state index contributed by atoms with van der Waals surface area (Å²) in [5, 5.41) is 12.2. The number of nitrogens with zero attached hydrogens (tertiary/aromatic N) is 3. The standard InChI is InChI=1S/C22H25N5O2S/c28-20-5-1-4-19-15-11-16(13-26(12-15)14-17-6-9-24-25-17)21(27(19)20)22(29)23-8-7-18-3-2-10-30-18/h1-6,9-10,15-16,21H,7-8,11-14H2,(H,23,29)(H,24,25)/t15-,16+,21-/m1/s1. The van der Waals surface area contributed by atoms with E-state index in [4.69, 9.17) is 0 Å². The number of amides is 1. The van der Waals surface area contributed by atoms with Gasteiger partial charge < -0.3 is 5.32 Å². The molecule has 0 radical (unpaired) electrons. The third-order valence-electron chi connectivity index (χ3n) is 6.19. The summed E-state index contributed by atoms with van der Waals surface area (Å²) in [5.74, 6) is 0.324. The fourth-order valence-electron chi connectivity index (χ4n) is 4.98. The van der Waals surface area contributed by atoms with Gasteiger partial charge in [0.2, 0.25) is 5.91 Å². The van der Waals surface area contributed by atoms with Crippen LogP contribution in [0.25, 0.3) is 0 Å². The molecule has 3 atom stereocenters. The zero-order valence-corrected chi connectivity index (χ0v) is 17.5. The smallest absolute Gasteiger partial charge is 0.251 e. The number of aromatic nitrogens is 3. The maximum Gasteiger partial charge on any atom is 0.251 e. The molecule has 2 bridgehead atoms. The SMILES string of the molecule is O=C(NCCc1cccs1)[C@H]1[C@H]2C[C@H](CN(Cc3ccn[nH]3)C2)c2cccc(=O)n21. The first-order valence-electron chi connectivity index (χ1n) is 10.4. The Kier molecular flexibility index (Phi) is 5.26. The molecule has 3 aromatic rings. The lowest BCUT2D eigenvalue weighted by Gasteiger charge is -2.46. The fraction of sp³-hybridized carbons (Fsp3) is 0.409. The van der Waals surface area contributed by atoms with Gasteiger partial charge in [0.25, 0.3) is 5.56 Å². The molecule has 8 heteroatoms. The number of carbonyl (C=O) groups excluding carboxylic acids is 1. The number of thiophene rings is 1. The van der Waals surface area contributed by atoms with Gasteiger partial charge in [0.15, 0.2) is 0 Å². The molecule has 0 spiro atoms. The number of fused-ring (bicyclic) bond motifs is 4. The highest BCUT2D eigenvalue weighted by Gasteiger charge is 2.43. The van der Waals surface area contributed by atoms with E-state index in [9.17, 15) is 9.59 Å². The molecule has 1 fully saturated rings. The molecule has 0 aromatic carbocycles. The molecule has 1 amide bonds. The number of likely N-dealkylation sites (tertiary alicyclic amines) is 1. The molecule has 0 aliphatic carbocycles. The van der Waals surface area contributed by atoms with Gasteiger partial charge in [-0.15, -0.1) is 11.3 Å². The first-order chi connectivity index (χ1) is 14.7. The average molecular weight is 424 g/mol. The summed E-state index contributed by atoms with van der Waals surface area (Å²) in [7, 11) is 0. The van der Waals surface area contributed by atoms with Crippen LogP contribution in [0, 0.1) is 5.92 Å². The summed E-state index contributed by atoms with van der Waals surface area (Å²) < 4.78 is 1.76. The highest BCUT2D eigenvalue weighted by atomic mass is 32.1. The highest BCUT2D eigenvalue weighted by molar-refractivity contribution is 7.09. The Balaban J connectivity index is 1.38. The molecule has 2 aliphatic rings. The van der Waals surface area contributed by atoms with E-state index < -0.39 is 6.04 Å². The van der Waals surface area contributed by atoms with Crippen LogP contribution in [0.1, 0.15) is 34.6 Å². The monoisotopic (exact) mass is 423 g/mol. The van der Waals surface area contributed by atoms with E-state index in [-0.39, 0.29) is 23.3 Å². The summed E-state index contributed by atoms with van der Waals surface area (Å²) >= 11 is 1.70. The lowest BCUT2D eigenvalue weighted by atomic mass is 9.78. The average Bonchev–Trinajstić information content (AvgIpc) is 3.43. The zero-order chi connectivity index (χ0) is 20.5. The van der Waals surface area contributed by atoms with Crippen molar-refractivity contribution in [3.63, 3.8) is 0 Å². The van der Waals surface area contributed by atoms with Crippen molar-refractivity contribution in [3.8, 4) is 0 Å². The van der Waals surface area contributed by atoms with Crippen molar-refractivity contribution >= 4 is 17.2 Å². The van der Waals surface area contributed by atoms with Crippen LogP contribution < -0.4 is 10.9 Å². The van der Waals surface area contributed by atoms with Crippen LogP contribution in [0.4, 0.5) is 0 Å². The van der Waals surface area contributed by atoms with E-state index in [0.29, 0.717) is 6.54 Å². The van der Waals surface area contributed by atoms with Gasteiger partial charge in [-0.1, -0.05) is 12.1 Å². The van der Waals surface area contributed by atoms with Crippen molar-refractivity contribution in [2.45, 2.75) is 31.3 Å². The van der Waals surface area contributed by atoms with Crippen molar-refractivity contribution in [3.05, 3.63) is 74.6 Å². The van der Waals surface area contributed by atoms with Gasteiger partial charge in [0.05, 0.1) is 0 Å². The van der Waals surface area contributed by atoms with E-state index in [2.05, 4.69) is 26.5 Å². The Morgan fingerprint density at radius 3 is 2.97 bits per heavy atom. The van der Waals surface area contributed by atoms with E-state index >= 15 is 0 Å². The number of aromatic amines is 1. The highest BCUT2D eigenvalue weighted by Crippen LogP contribution is 2.41. The number of pyridine rings is 1. The molecule has 5 heterocycles. The van der Waals surface area contributed by atoms with Gasteiger partial charge in [-0.05, 0) is 36.4 Å². The lowest BCUT2D eigenvalue weighted by Crippen LogP contribution is -2.53. The minimum atomic E-state index is -0.460. The van der Waals surface area contributed by atoms with Gasteiger partial charge in [0, 0.05) is 66.5 Å². The molecule has 2 N–H and O–H groups in total. The minimum absolute atomic E-state index is 0.0482. The number of piperidine rings is 1. The number of carbonyl (C=O) groups is 1. The predicted molar refractivity (Wildman–Crippen MR) is 115 cm³/mol. The van der Waals surface area contributed by atoms with Crippen LogP contribution in [-0.2, 0) is 17.8 Å². The van der Waals surface area contributed by atoms with E-state index in [1.54, 1.807) is 28.2 Å². The summed E-state index contributed by atoms with van der Waals surface area (Å²) in [6.07, 6.45) is 3.51. The Labute approximate surface area is 178 Å². The summed E-state index contributed by atoms with van der Waals surface area (Å²) in [6.45, 7) is 3.03. The third kappa shape index (κ3) is 3.73. The van der Waals surface area contributed by atoms with Crippen molar-refractivity contribution in [1.29, 1.82) is 0 Å². The maximum atomic E-state index is 13.3. The molecule has 30 heavy (non-hydrogen) atoms. The molecule has 156 valence electrons.